The van der Waals surface area contributed by atoms with Gasteiger partial charge in [-0.05, 0) is 30.9 Å². The van der Waals surface area contributed by atoms with Crippen LogP contribution in [0.4, 0.5) is 0 Å². The van der Waals surface area contributed by atoms with Gasteiger partial charge in [-0.15, -0.1) is 0 Å². The number of rotatable bonds is 4. The van der Waals surface area contributed by atoms with Crippen molar-refractivity contribution in [1.82, 2.24) is 19.9 Å². The maximum absolute atomic E-state index is 12.8. The van der Waals surface area contributed by atoms with E-state index in [1.54, 1.807) is 17.2 Å². The Kier molecular flexibility index (Phi) is 3.96. The van der Waals surface area contributed by atoms with Crippen molar-refractivity contribution in [2.75, 3.05) is 6.54 Å². The minimum Gasteiger partial charge on any atom is -0.338 e. The second-order valence-electron chi connectivity index (χ2n) is 6.19. The van der Waals surface area contributed by atoms with E-state index in [4.69, 9.17) is 0 Å². The van der Waals surface area contributed by atoms with Crippen LogP contribution in [0.3, 0.4) is 0 Å². The Morgan fingerprint density at radius 3 is 2.68 bits per heavy atom. The summed E-state index contributed by atoms with van der Waals surface area (Å²) in [5.74, 6) is 0.268. The van der Waals surface area contributed by atoms with E-state index in [0.29, 0.717) is 6.54 Å². The van der Waals surface area contributed by atoms with Gasteiger partial charge in [-0.1, -0.05) is 32.0 Å². The molecule has 1 aromatic heterocycles. The van der Waals surface area contributed by atoms with Gasteiger partial charge in [-0.2, -0.15) is 15.0 Å². The molecule has 1 aromatic carbocycles. The fourth-order valence-electron chi connectivity index (χ4n) is 3.11. The Hall–Kier alpha value is -2.17. The van der Waals surface area contributed by atoms with Crippen molar-refractivity contribution in [1.29, 1.82) is 0 Å². The summed E-state index contributed by atoms with van der Waals surface area (Å²) in [7, 11) is 0. The van der Waals surface area contributed by atoms with Gasteiger partial charge >= 0.3 is 0 Å². The fraction of sp³-hybridized carbons (Fsp3) is 0.471. The van der Waals surface area contributed by atoms with E-state index in [1.807, 2.05) is 29.2 Å². The molecule has 0 radical (unpaired) electrons. The molecule has 1 amide bonds. The summed E-state index contributed by atoms with van der Waals surface area (Å²) in [5, 5.41) is 8.41. The number of carbonyl (C=O) groups excluding carboxylic acids is 1. The van der Waals surface area contributed by atoms with Gasteiger partial charge in [0.2, 0.25) is 5.91 Å². The summed E-state index contributed by atoms with van der Waals surface area (Å²) in [6, 6.07) is 8.00. The lowest BCUT2D eigenvalue weighted by Crippen LogP contribution is -2.46. The van der Waals surface area contributed by atoms with Crippen LogP contribution < -0.4 is 0 Å². The first-order valence-corrected chi connectivity index (χ1v) is 7.88. The number of nitrogens with zero attached hydrogens (tertiary/aromatic N) is 4. The highest BCUT2D eigenvalue weighted by atomic mass is 16.2. The van der Waals surface area contributed by atoms with Crippen LogP contribution in [0.1, 0.15) is 38.7 Å². The second-order valence-corrected chi connectivity index (χ2v) is 6.19. The summed E-state index contributed by atoms with van der Waals surface area (Å²) in [6.45, 7) is 5.63. The van der Waals surface area contributed by atoms with E-state index < -0.39 is 0 Å². The molecule has 1 aliphatic heterocycles. The lowest BCUT2D eigenvalue weighted by molar-refractivity contribution is -0.146. The third kappa shape index (κ3) is 2.63. The van der Waals surface area contributed by atoms with Crippen LogP contribution in [-0.4, -0.2) is 32.3 Å². The third-order valence-corrected chi connectivity index (χ3v) is 4.73. The second kappa shape index (κ2) is 5.91. The predicted octanol–water partition coefficient (Wildman–Crippen LogP) is 2.81. The van der Waals surface area contributed by atoms with Gasteiger partial charge in [-0.3, -0.25) is 4.79 Å². The molecule has 2 heterocycles. The molecule has 3 rings (SSSR count). The first-order chi connectivity index (χ1) is 10.6. The van der Waals surface area contributed by atoms with Gasteiger partial charge in [-0.25, -0.2) is 0 Å². The maximum atomic E-state index is 12.8. The van der Waals surface area contributed by atoms with Crippen molar-refractivity contribution in [3.63, 3.8) is 0 Å². The molecular formula is C17H22N4O. The standard InChI is InChI=1S/C17H22N4O/c1-3-17(2)9-6-12-20(16(17)22)13-14-7-4-5-8-15(14)21-18-10-11-19-21/h4-5,7-8,10-11H,3,6,9,12-13H2,1-2H3. The van der Waals surface area contributed by atoms with Crippen LogP contribution in [0.5, 0.6) is 0 Å². The molecule has 0 N–H and O–H groups in total. The zero-order valence-corrected chi connectivity index (χ0v) is 13.2. The van der Waals surface area contributed by atoms with E-state index >= 15 is 0 Å². The molecule has 5 nitrogen and oxygen atoms in total. The molecule has 0 saturated carbocycles. The summed E-state index contributed by atoms with van der Waals surface area (Å²) in [6.07, 6.45) is 6.28. The molecule has 116 valence electrons. The number of para-hydroxylation sites is 1. The first kappa shape index (κ1) is 14.8. The SMILES string of the molecule is CCC1(C)CCCN(Cc2ccccc2-n2nccn2)C1=O. The number of hydrogen-bond acceptors (Lipinski definition) is 3. The number of carbonyl (C=O) groups is 1. The van der Waals surface area contributed by atoms with Crippen LogP contribution >= 0.6 is 0 Å². The lowest BCUT2D eigenvalue weighted by Gasteiger charge is -2.39. The van der Waals surface area contributed by atoms with E-state index in [1.165, 1.54) is 0 Å². The number of aromatic nitrogens is 3. The number of likely N-dealkylation sites (tertiary alicyclic amines) is 1. The van der Waals surface area contributed by atoms with Crippen LogP contribution in [0.25, 0.3) is 5.69 Å². The number of piperidine rings is 1. The molecule has 0 aliphatic carbocycles. The van der Waals surface area contributed by atoms with Crippen molar-refractivity contribution in [2.45, 2.75) is 39.7 Å². The highest BCUT2D eigenvalue weighted by molar-refractivity contribution is 5.83. The Morgan fingerprint density at radius 2 is 1.95 bits per heavy atom. The van der Waals surface area contributed by atoms with Crippen molar-refractivity contribution >= 4 is 5.91 Å². The topological polar surface area (TPSA) is 51.0 Å². The van der Waals surface area contributed by atoms with Gasteiger partial charge < -0.3 is 4.90 Å². The summed E-state index contributed by atoms with van der Waals surface area (Å²) in [5.41, 5.74) is 1.80. The average Bonchev–Trinajstić information content (AvgIpc) is 3.07. The number of benzene rings is 1. The van der Waals surface area contributed by atoms with Crippen LogP contribution in [0, 0.1) is 5.41 Å². The Labute approximate surface area is 130 Å². The summed E-state index contributed by atoms with van der Waals surface area (Å²) < 4.78 is 0. The molecule has 22 heavy (non-hydrogen) atoms. The van der Waals surface area contributed by atoms with Gasteiger partial charge in [0.1, 0.15) is 0 Å². The monoisotopic (exact) mass is 298 g/mol. The first-order valence-electron chi connectivity index (χ1n) is 7.88. The Balaban J connectivity index is 1.86. The minimum atomic E-state index is -0.211. The minimum absolute atomic E-state index is 0.211. The fourth-order valence-corrected chi connectivity index (χ4v) is 3.11. The molecule has 1 unspecified atom stereocenters. The molecular weight excluding hydrogens is 276 g/mol. The molecule has 0 bridgehead atoms. The van der Waals surface area contributed by atoms with Crippen molar-refractivity contribution in [3.05, 3.63) is 42.2 Å². The van der Waals surface area contributed by atoms with Gasteiger partial charge in [0.15, 0.2) is 0 Å². The van der Waals surface area contributed by atoms with Gasteiger partial charge in [0, 0.05) is 18.5 Å². The summed E-state index contributed by atoms with van der Waals surface area (Å²) >= 11 is 0. The van der Waals surface area contributed by atoms with Crippen LogP contribution in [0.2, 0.25) is 0 Å². The average molecular weight is 298 g/mol. The number of hydrogen-bond donors (Lipinski definition) is 0. The largest absolute Gasteiger partial charge is 0.338 e. The van der Waals surface area contributed by atoms with Gasteiger partial charge in [0.05, 0.1) is 18.1 Å². The highest BCUT2D eigenvalue weighted by Gasteiger charge is 2.38. The Morgan fingerprint density at radius 1 is 1.23 bits per heavy atom. The third-order valence-electron chi connectivity index (χ3n) is 4.73. The molecule has 5 heteroatoms. The van der Waals surface area contributed by atoms with E-state index in [-0.39, 0.29) is 11.3 Å². The lowest BCUT2D eigenvalue weighted by atomic mass is 9.78. The smallest absolute Gasteiger partial charge is 0.228 e. The zero-order chi connectivity index (χ0) is 15.6. The molecule has 1 atom stereocenters. The van der Waals surface area contributed by atoms with Crippen LogP contribution in [0.15, 0.2) is 36.7 Å². The van der Waals surface area contributed by atoms with Crippen LogP contribution in [-0.2, 0) is 11.3 Å². The molecule has 1 aliphatic rings. The number of amides is 1. The van der Waals surface area contributed by atoms with Gasteiger partial charge in [0.25, 0.3) is 0 Å². The van der Waals surface area contributed by atoms with Crippen molar-refractivity contribution < 1.29 is 4.79 Å². The van der Waals surface area contributed by atoms with Crippen molar-refractivity contribution in [2.24, 2.45) is 5.41 Å². The summed E-state index contributed by atoms with van der Waals surface area (Å²) in [4.78, 5) is 16.4. The molecule has 1 saturated heterocycles. The van der Waals surface area contributed by atoms with E-state index in [0.717, 1.165) is 37.1 Å². The van der Waals surface area contributed by atoms with Crippen molar-refractivity contribution in [3.8, 4) is 5.69 Å². The van der Waals surface area contributed by atoms with E-state index in [2.05, 4.69) is 24.0 Å². The maximum Gasteiger partial charge on any atom is 0.228 e. The molecule has 0 spiro atoms. The van der Waals surface area contributed by atoms with E-state index in [9.17, 15) is 4.79 Å². The Bertz CT molecular complexity index is 652. The molecule has 1 fully saturated rings. The normalized spacial score (nSPS) is 22.1. The molecule has 2 aromatic rings. The predicted molar refractivity (Wildman–Crippen MR) is 84.4 cm³/mol. The quantitative estimate of drug-likeness (QED) is 0.872. The zero-order valence-electron chi connectivity index (χ0n) is 13.2. The highest BCUT2D eigenvalue weighted by Crippen LogP contribution is 2.34.